The van der Waals surface area contributed by atoms with Gasteiger partial charge < -0.3 is 5.32 Å². The van der Waals surface area contributed by atoms with Crippen LogP contribution >= 0.6 is 22.9 Å². The lowest BCUT2D eigenvalue weighted by Crippen LogP contribution is -2.15. The summed E-state index contributed by atoms with van der Waals surface area (Å²) in [4.78, 5) is 20.7. The van der Waals surface area contributed by atoms with Gasteiger partial charge in [-0.15, -0.1) is 11.3 Å². The Morgan fingerprint density at radius 1 is 1.20 bits per heavy atom. The van der Waals surface area contributed by atoms with Gasteiger partial charge in [0.15, 0.2) is 5.65 Å². The topological polar surface area (TPSA) is 75.6 Å². The Kier molecular flexibility index (Phi) is 4.25. The number of H-pyrrole nitrogens is 1. The minimum Gasteiger partial charge on any atom is -0.355 e. The molecule has 0 amide bonds. The van der Waals surface area contributed by atoms with Crippen LogP contribution in [0, 0.1) is 0 Å². The molecule has 0 aliphatic carbocycles. The molecule has 2 N–H and O–H groups in total. The Labute approximate surface area is 152 Å². The Balaban J connectivity index is 1.60. The molecule has 4 rings (SSSR count). The second-order valence-corrected chi connectivity index (χ2v) is 7.23. The van der Waals surface area contributed by atoms with Crippen molar-refractivity contribution in [2.75, 3.05) is 11.9 Å². The van der Waals surface area contributed by atoms with E-state index in [4.69, 9.17) is 11.6 Å². The van der Waals surface area contributed by atoms with Crippen LogP contribution in [0.25, 0.3) is 16.7 Å². The average molecular weight is 372 g/mol. The zero-order valence-electron chi connectivity index (χ0n) is 13.1. The molecule has 4 aromatic rings. The number of rotatable bonds is 5. The largest absolute Gasteiger partial charge is 0.355 e. The molecule has 0 unspecified atom stereocenters. The zero-order valence-corrected chi connectivity index (χ0v) is 14.6. The minimum atomic E-state index is -0.214. The zero-order chi connectivity index (χ0) is 17.2. The van der Waals surface area contributed by atoms with Crippen molar-refractivity contribution in [2.24, 2.45) is 0 Å². The van der Waals surface area contributed by atoms with E-state index in [2.05, 4.69) is 20.4 Å². The van der Waals surface area contributed by atoms with Crippen LogP contribution in [0.4, 0.5) is 5.95 Å². The van der Waals surface area contributed by atoms with E-state index in [0.29, 0.717) is 23.5 Å². The number of hydrogen-bond donors (Lipinski definition) is 2. The lowest BCUT2D eigenvalue weighted by Gasteiger charge is -2.06. The van der Waals surface area contributed by atoms with E-state index < -0.39 is 0 Å². The van der Waals surface area contributed by atoms with Crippen molar-refractivity contribution in [3.8, 4) is 5.69 Å². The third-order valence-corrected chi connectivity index (χ3v) is 5.02. The molecule has 0 radical (unpaired) electrons. The fourth-order valence-corrected chi connectivity index (χ4v) is 3.64. The second-order valence-electron chi connectivity index (χ2n) is 5.43. The first kappa shape index (κ1) is 15.9. The van der Waals surface area contributed by atoms with E-state index in [1.807, 2.05) is 42.5 Å². The number of para-hydroxylation sites is 1. The van der Waals surface area contributed by atoms with Gasteiger partial charge in [0.2, 0.25) is 5.95 Å². The van der Waals surface area contributed by atoms with Crippen molar-refractivity contribution in [3.05, 3.63) is 68.2 Å². The summed E-state index contributed by atoms with van der Waals surface area (Å²) in [5, 5.41) is 7.91. The van der Waals surface area contributed by atoms with Crippen molar-refractivity contribution < 1.29 is 0 Å². The molecule has 3 aromatic heterocycles. The first-order valence-electron chi connectivity index (χ1n) is 7.72. The predicted octanol–water partition coefficient (Wildman–Crippen LogP) is 3.48. The van der Waals surface area contributed by atoms with Gasteiger partial charge >= 0.3 is 0 Å². The molecule has 0 bridgehead atoms. The van der Waals surface area contributed by atoms with Crippen molar-refractivity contribution in [1.82, 2.24) is 19.7 Å². The van der Waals surface area contributed by atoms with Crippen LogP contribution in [-0.2, 0) is 6.42 Å². The van der Waals surface area contributed by atoms with Crippen molar-refractivity contribution in [1.29, 1.82) is 0 Å². The first-order chi connectivity index (χ1) is 12.2. The molecule has 0 atom stereocenters. The van der Waals surface area contributed by atoms with E-state index in [1.165, 1.54) is 11.1 Å². The van der Waals surface area contributed by atoms with Crippen LogP contribution in [-0.4, -0.2) is 26.3 Å². The second kappa shape index (κ2) is 6.70. The number of fused-ring (bicyclic) bond motifs is 1. The van der Waals surface area contributed by atoms with Gasteiger partial charge in [0.05, 0.1) is 16.2 Å². The van der Waals surface area contributed by atoms with Crippen LogP contribution in [0.3, 0.4) is 0 Å². The quantitative estimate of drug-likeness (QED) is 0.563. The van der Waals surface area contributed by atoms with Crippen LogP contribution in [0.1, 0.15) is 4.88 Å². The molecule has 8 heteroatoms. The molecule has 0 saturated heterocycles. The maximum atomic E-state index is 12.3. The number of nitrogens with one attached hydrogen (secondary N) is 2. The molecule has 0 spiro atoms. The van der Waals surface area contributed by atoms with Gasteiger partial charge in [-0.2, -0.15) is 10.1 Å². The summed E-state index contributed by atoms with van der Waals surface area (Å²) in [6.07, 6.45) is 2.34. The molecule has 25 heavy (non-hydrogen) atoms. The van der Waals surface area contributed by atoms with Gasteiger partial charge in [-0.3, -0.25) is 9.78 Å². The van der Waals surface area contributed by atoms with E-state index in [1.54, 1.807) is 16.0 Å². The molecular weight excluding hydrogens is 358 g/mol. The van der Waals surface area contributed by atoms with Crippen LogP contribution in [0.5, 0.6) is 0 Å². The van der Waals surface area contributed by atoms with Crippen LogP contribution in [0.2, 0.25) is 4.34 Å². The maximum Gasteiger partial charge on any atom is 0.263 e. The van der Waals surface area contributed by atoms with Gasteiger partial charge in [0.25, 0.3) is 5.56 Å². The molecule has 126 valence electrons. The summed E-state index contributed by atoms with van der Waals surface area (Å²) < 4.78 is 2.43. The van der Waals surface area contributed by atoms with E-state index in [0.717, 1.165) is 16.4 Å². The first-order valence-corrected chi connectivity index (χ1v) is 8.92. The Morgan fingerprint density at radius 3 is 2.80 bits per heavy atom. The monoisotopic (exact) mass is 371 g/mol. The molecular formula is C17H14ClN5OS. The van der Waals surface area contributed by atoms with Gasteiger partial charge in [0, 0.05) is 11.4 Å². The number of thiophene rings is 1. The lowest BCUT2D eigenvalue weighted by atomic mass is 10.3. The lowest BCUT2D eigenvalue weighted by molar-refractivity contribution is 0.893. The standard InChI is InChI=1S/C17H14ClN5OS/c18-14-7-6-12(25-14)8-9-19-17-21-15-13(16(24)22-17)10-20-23(15)11-4-2-1-3-5-11/h1-7,10H,8-9H2,(H2,19,21,22,24). The molecule has 0 saturated carbocycles. The van der Waals surface area contributed by atoms with E-state index in [-0.39, 0.29) is 5.56 Å². The SMILES string of the molecule is O=c1[nH]c(NCCc2ccc(Cl)s2)nc2c1cnn2-c1ccccc1. The molecule has 1 aromatic carbocycles. The number of anilines is 1. The fourth-order valence-electron chi connectivity index (χ4n) is 2.55. The number of hydrogen-bond acceptors (Lipinski definition) is 5. The summed E-state index contributed by atoms with van der Waals surface area (Å²) in [6, 6.07) is 13.5. The molecule has 3 heterocycles. The Morgan fingerprint density at radius 2 is 2.04 bits per heavy atom. The molecule has 0 aliphatic heterocycles. The number of halogens is 1. The third-order valence-electron chi connectivity index (χ3n) is 3.73. The number of aromatic nitrogens is 4. The normalized spacial score (nSPS) is 11.1. The van der Waals surface area contributed by atoms with E-state index >= 15 is 0 Å². The van der Waals surface area contributed by atoms with Gasteiger partial charge in [-0.25, -0.2) is 4.68 Å². The van der Waals surface area contributed by atoms with Crippen LogP contribution < -0.4 is 10.9 Å². The summed E-state index contributed by atoms with van der Waals surface area (Å²) in [6.45, 7) is 0.644. The third kappa shape index (κ3) is 3.29. The van der Waals surface area contributed by atoms with Gasteiger partial charge in [-0.1, -0.05) is 29.8 Å². The molecule has 6 nitrogen and oxygen atoms in total. The van der Waals surface area contributed by atoms with Crippen molar-refractivity contribution in [3.63, 3.8) is 0 Å². The summed E-state index contributed by atoms with van der Waals surface area (Å²) in [5.41, 5.74) is 1.17. The number of nitrogens with zero attached hydrogens (tertiary/aromatic N) is 3. The summed E-state index contributed by atoms with van der Waals surface area (Å²) >= 11 is 7.48. The molecule has 0 aliphatic rings. The van der Waals surface area contributed by atoms with Gasteiger partial charge in [-0.05, 0) is 30.7 Å². The van der Waals surface area contributed by atoms with Crippen LogP contribution in [0.15, 0.2) is 53.5 Å². The highest BCUT2D eigenvalue weighted by atomic mass is 35.5. The summed E-state index contributed by atoms with van der Waals surface area (Å²) in [7, 11) is 0. The Hall–Kier alpha value is -2.64. The Bertz CT molecular complexity index is 1070. The maximum absolute atomic E-state index is 12.3. The van der Waals surface area contributed by atoms with E-state index in [9.17, 15) is 4.79 Å². The highest BCUT2D eigenvalue weighted by molar-refractivity contribution is 7.16. The molecule has 0 fully saturated rings. The van der Waals surface area contributed by atoms with Crippen molar-refractivity contribution >= 4 is 39.9 Å². The predicted molar refractivity (Wildman–Crippen MR) is 101 cm³/mol. The number of aromatic amines is 1. The minimum absolute atomic E-state index is 0.214. The highest BCUT2D eigenvalue weighted by Crippen LogP contribution is 2.21. The summed E-state index contributed by atoms with van der Waals surface area (Å²) in [5.74, 6) is 0.429. The van der Waals surface area contributed by atoms with Gasteiger partial charge in [0.1, 0.15) is 5.39 Å². The number of benzene rings is 1. The van der Waals surface area contributed by atoms with Crippen molar-refractivity contribution in [2.45, 2.75) is 6.42 Å². The highest BCUT2D eigenvalue weighted by Gasteiger charge is 2.11. The smallest absolute Gasteiger partial charge is 0.263 e. The fraction of sp³-hybridized carbons (Fsp3) is 0.118. The average Bonchev–Trinajstić information content (AvgIpc) is 3.22.